The molecule has 0 saturated carbocycles. The Morgan fingerprint density at radius 2 is 2.10 bits per heavy atom. The normalized spacial score (nSPS) is 15.4. The van der Waals surface area contributed by atoms with Crippen molar-refractivity contribution in [1.82, 2.24) is 0 Å². The van der Waals surface area contributed by atoms with Gasteiger partial charge in [-0.05, 0) is 18.9 Å². The highest BCUT2D eigenvalue weighted by Gasteiger charge is 2.37. The van der Waals surface area contributed by atoms with Gasteiger partial charge in [-0.15, -0.1) is 0 Å². The largest absolute Gasteiger partial charge is 0.464 e. The van der Waals surface area contributed by atoms with Crippen molar-refractivity contribution in [2.45, 2.75) is 31.1 Å². The van der Waals surface area contributed by atoms with Gasteiger partial charge in [0, 0.05) is 17.6 Å². The van der Waals surface area contributed by atoms with Gasteiger partial charge in [0.15, 0.2) is 0 Å². The molecule has 3 N–H and O–H groups in total. The maximum absolute atomic E-state index is 12.2. The van der Waals surface area contributed by atoms with Crippen LogP contribution in [0.4, 0.5) is 0 Å². The lowest BCUT2D eigenvalue weighted by atomic mass is 9.93. The van der Waals surface area contributed by atoms with E-state index in [4.69, 9.17) is 15.6 Å². The molecule has 0 spiro atoms. The van der Waals surface area contributed by atoms with E-state index in [9.17, 15) is 4.79 Å². The lowest BCUT2D eigenvalue weighted by Gasteiger charge is -2.28. The van der Waals surface area contributed by atoms with Gasteiger partial charge in [-0.1, -0.05) is 37.3 Å². The SMILES string of the molecule is CCOC(=O)C(N)(CSC(C)CCO)c1ccccc1. The number of ether oxygens (including phenoxy) is 1. The molecule has 0 bridgehead atoms. The minimum atomic E-state index is -1.15. The molecule has 112 valence electrons. The number of benzene rings is 1. The van der Waals surface area contributed by atoms with Crippen LogP contribution < -0.4 is 5.73 Å². The zero-order valence-electron chi connectivity index (χ0n) is 12.0. The minimum Gasteiger partial charge on any atom is -0.464 e. The first kappa shape index (κ1) is 17.0. The van der Waals surface area contributed by atoms with E-state index in [1.165, 1.54) is 0 Å². The third-order valence-electron chi connectivity index (χ3n) is 3.06. The molecule has 0 amide bonds. The number of carbonyl (C=O) groups is 1. The summed E-state index contributed by atoms with van der Waals surface area (Å²) in [5.74, 6) is 0.0201. The van der Waals surface area contributed by atoms with E-state index in [0.717, 1.165) is 5.56 Å². The Kier molecular flexibility index (Phi) is 7.05. The van der Waals surface area contributed by atoms with Crippen molar-refractivity contribution >= 4 is 17.7 Å². The van der Waals surface area contributed by atoms with E-state index in [-0.39, 0.29) is 11.9 Å². The topological polar surface area (TPSA) is 72.5 Å². The number of thioether (sulfide) groups is 1. The van der Waals surface area contributed by atoms with E-state index in [1.807, 2.05) is 37.3 Å². The Hall–Kier alpha value is -1.04. The van der Waals surface area contributed by atoms with Gasteiger partial charge in [0.05, 0.1) is 6.61 Å². The standard InChI is InChI=1S/C15H23NO3S/c1-3-19-14(18)15(16,11-20-12(2)9-10-17)13-7-5-4-6-8-13/h4-8,12,17H,3,9-11,16H2,1-2H3. The summed E-state index contributed by atoms with van der Waals surface area (Å²) in [6.07, 6.45) is 0.679. The van der Waals surface area contributed by atoms with Crippen molar-refractivity contribution in [1.29, 1.82) is 0 Å². The molecule has 20 heavy (non-hydrogen) atoms. The fourth-order valence-electron chi connectivity index (χ4n) is 1.79. The first-order valence-electron chi connectivity index (χ1n) is 6.78. The second-order valence-corrected chi connectivity index (χ2v) is 6.12. The maximum atomic E-state index is 12.2. The van der Waals surface area contributed by atoms with Crippen LogP contribution in [-0.2, 0) is 15.1 Å². The van der Waals surface area contributed by atoms with E-state index >= 15 is 0 Å². The van der Waals surface area contributed by atoms with Gasteiger partial charge in [-0.2, -0.15) is 11.8 Å². The number of aliphatic hydroxyl groups excluding tert-OH is 1. The predicted octanol–water partition coefficient (Wildman–Crippen LogP) is 1.91. The van der Waals surface area contributed by atoms with Crippen molar-refractivity contribution in [3.05, 3.63) is 35.9 Å². The molecule has 0 aliphatic carbocycles. The summed E-state index contributed by atoms with van der Waals surface area (Å²) in [5, 5.41) is 9.18. The summed E-state index contributed by atoms with van der Waals surface area (Å²) >= 11 is 1.57. The van der Waals surface area contributed by atoms with Crippen molar-refractivity contribution in [3.8, 4) is 0 Å². The van der Waals surface area contributed by atoms with Crippen LogP contribution in [0.25, 0.3) is 0 Å². The summed E-state index contributed by atoms with van der Waals surface area (Å²) in [6, 6.07) is 9.29. The minimum absolute atomic E-state index is 0.135. The predicted molar refractivity (Wildman–Crippen MR) is 82.6 cm³/mol. The molecule has 0 radical (unpaired) electrons. The highest BCUT2D eigenvalue weighted by atomic mass is 32.2. The van der Waals surface area contributed by atoms with Crippen LogP contribution in [0.1, 0.15) is 25.8 Å². The van der Waals surface area contributed by atoms with E-state index < -0.39 is 11.5 Å². The molecule has 4 nitrogen and oxygen atoms in total. The van der Waals surface area contributed by atoms with E-state index in [1.54, 1.807) is 18.7 Å². The lowest BCUT2D eigenvalue weighted by molar-refractivity contribution is -0.149. The Morgan fingerprint density at radius 1 is 1.45 bits per heavy atom. The molecule has 5 heteroatoms. The lowest BCUT2D eigenvalue weighted by Crippen LogP contribution is -2.48. The molecular formula is C15H23NO3S. The van der Waals surface area contributed by atoms with Gasteiger partial charge in [0.1, 0.15) is 5.54 Å². The highest BCUT2D eigenvalue weighted by Crippen LogP contribution is 2.27. The average Bonchev–Trinajstić information content (AvgIpc) is 2.46. The molecule has 0 fully saturated rings. The summed E-state index contributed by atoms with van der Waals surface area (Å²) in [4.78, 5) is 12.2. The number of rotatable bonds is 8. The second-order valence-electron chi connectivity index (χ2n) is 4.69. The number of hydrogen-bond acceptors (Lipinski definition) is 5. The first-order valence-corrected chi connectivity index (χ1v) is 7.83. The fourth-order valence-corrected chi connectivity index (χ4v) is 2.90. The summed E-state index contributed by atoms with van der Waals surface area (Å²) in [6.45, 7) is 4.22. The van der Waals surface area contributed by atoms with Crippen LogP contribution in [-0.4, -0.2) is 35.3 Å². The van der Waals surface area contributed by atoms with Crippen molar-refractivity contribution in [3.63, 3.8) is 0 Å². The van der Waals surface area contributed by atoms with Crippen LogP contribution in [0.3, 0.4) is 0 Å². The molecule has 1 rings (SSSR count). The fraction of sp³-hybridized carbons (Fsp3) is 0.533. The quantitative estimate of drug-likeness (QED) is 0.717. The molecule has 2 unspecified atom stereocenters. The summed E-state index contributed by atoms with van der Waals surface area (Å²) < 4.78 is 5.13. The molecular weight excluding hydrogens is 274 g/mol. The second kappa shape index (κ2) is 8.29. The summed E-state index contributed by atoms with van der Waals surface area (Å²) in [7, 11) is 0. The van der Waals surface area contributed by atoms with Crippen LogP contribution >= 0.6 is 11.8 Å². The van der Waals surface area contributed by atoms with Crippen molar-refractivity contribution < 1.29 is 14.6 Å². The smallest absolute Gasteiger partial charge is 0.331 e. The van der Waals surface area contributed by atoms with Gasteiger partial charge in [0.2, 0.25) is 0 Å². The molecule has 0 aliphatic heterocycles. The van der Waals surface area contributed by atoms with Gasteiger partial charge >= 0.3 is 5.97 Å². The van der Waals surface area contributed by atoms with Gasteiger partial charge in [0.25, 0.3) is 0 Å². The third kappa shape index (κ3) is 4.51. The van der Waals surface area contributed by atoms with Crippen molar-refractivity contribution in [2.24, 2.45) is 5.73 Å². The first-order chi connectivity index (χ1) is 9.54. The molecule has 0 heterocycles. The summed E-state index contributed by atoms with van der Waals surface area (Å²) in [5.41, 5.74) is 5.94. The monoisotopic (exact) mass is 297 g/mol. The Bertz CT molecular complexity index is 413. The molecule has 1 aromatic rings. The van der Waals surface area contributed by atoms with Gasteiger partial charge in [-0.25, -0.2) is 4.79 Å². The van der Waals surface area contributed by atoms with Crippen LogP contribution in [0.2, 0.25) is 0 Å². The zero-order chi connectivity index (χ0) is 15.0. The molecule has 0 aliphatic rings. The highest BCUT2D eigenvalue weighted by molar-refractivity contribution is 7.99. The van der Waals surface area contributed by atoms with Crippen molar-refractivity contribution in [2.75, 3.05) is 19.0 Å². The number of hydrogen-bond donors (Lipinski definition) is 2. The third-order valence-corrected chi connectivity index (χ3v) is 4.49. The average molecular weight is 297 g/mol. The Labute approximate surface area is 124 Å². The van der Waals surface area contributed by atoms with Gasteiger partial charge in [-0.3, -0.25) is 0 Å². The molecule has 0 aromatic heterocycles. The number of aliphatic hydroxyl groups is 1. The van der Waals surface area contributed by atoms with Crippen LogP contribution in [0.5, 0.6) is 0 Å². The molecule has 1 aromatic carbocycles. The Morgan fingerprint density at radius 3 is 2.65 bits per heavy atom. The number of nitrogens with two attached hydrogens (primary N) is 1. The van der Waals surface area contributed by atoms with E-state index in [0.29, 0.717) is 18.8 Å². The van der Waals surface area contributed by atoms with Crippen LogP contribution in [0.15, 0.2) is 30.3 Å². The Balaban J connectivity index is 2.88. The van der Waals surface area contributed by atoms with E-state index in [2.05, 4.69) is 0 Å². The molecule has 0 saturated heterocycles. The zero-order valence-corrected chi connectivity index (χ0v) is 12.9. The van der Waals surface area contributed by atoms with Gasteiger partial charge < -0.3 is 15.6 Å². The maximum Gasteiger partial charge on any atom is 0.331 e. The molecule has 2 atom stereocenters. The number of esters is 1. The number of carbonyl (C=O) groups excluding carboxylic acids is 1. The van der Waals surface area contributed by atoms with Crippen LogP contribution in [0, 0.1) is 0 Å².